The lowest BCUT2D eigenvalue weighted by molar-refractivity contribution is 0.0979. The smallest absolute Gasteiger partial charge is 0.172 e. The highest BCUT2D eigenvalue weighted by Gasteiger charge is 2.06. The molecule has 0 radical (unpaired) electrons. The number of hydrogen-bond donors (Lipinski definition) is 1. The summed E-state index contributed by atoms with van der Waals surface area (Å²) >= 11 is 1.50. The lowest BCUT2D eigenvalue weighted by atomic mass is 10.2. The van der Waals surface area contributed by atoms with Crippen LogP contribution >= 0.6 is 11.3 Å². The van der Waals surface area contributed by atoms with Crippen LogP contribution in [0.3, 0.4) is 0 Å². The van der Waals surface area contributed by atoms with Crippen LogP contribution in [0.1, 0.15) is 22.5 Å². The lowest BCUT2D eigenvalue weighted by Gasteiger charge is -2.13. The third-order valence-electron chi connectivity index (χ3n) is 2.22. The molecule has 0 aromatic carbocycles. The molecular weight excluding hydrogens is 210 g/mol. The first kappa shape index (κ1) is 12.4. The van der Waals surface area contributed by atoms with Gasteiger partial charge in [-0.3, -0.25) is 4.79 Å². The van der Waals surface area contributed by atoms with Crippen LogP contribution in [0.4, 0.5) is 0 Å². The van der Waals surface area contributed by atoms with Crippen LogP contribution in [0.2, 0.25) is 0 Å². The number of Topliss-reactive ketones (excluding diaryl/α,β-unsaturated/α-hetero) is 1. The zero-order valence-electron chi connectivity index (χ0n) is 8.98. The first-order valence-electron chi connectivity index (χ1n) is 5.10. The maximum absolute atomic E-state index is 11.6. The number of hydrogen-bond acceptors (Lipinski definition) is 4. The second kappa shape index (κ2) is 6.71. The zero-order chi connectivity index (χ0) is 11.1. The molecular formula is C11H17NO2S. The number of likely N-dealkylation sites (N-methyl/N-ethyl adjacent to an activating group) is 1. The van der Waals surface area contributed by atoms with E-state index in [2.05, 4.69) is 0 Å². The summed E-state index contributed by atoms with van der Waals surface area (Å²) in [5.74, 6) is 0.224. The molecule has 0 unspecified atom stereocenters. The SMILES string of the molecule is CN(CCO)CCCC(=O)c1cccs1. The van der Waals surface area contributed by atoms with Gasteiger partial charge in [0.25, 0.3) is 0 Å². The summed E-state index contributed by atoms with van der Waals surface area (Å²) < 4.78 is 0. The second-order valence-electron chi connectivity index (χ2n) is 3.53. The Morgan fingerprint density at radius 2 is 2.33 bits per heavy atom. The van der Waals surface area contributed by atoms with Crippen molar-refractivity contribution in [2.75, 3.05) is 26.7 Å². The van der Waals surface area contributed by atoms with Crippen LogP contribution in [-0.4, -0.2) is 42.5 Å². The fourth-order valence-corrected chi connectivity index (χ4v) is 2.05. The number of aliphatic hydroxyl groups is 1. The molecule has 0 bridgehead atoms. The van der Waals surface area contributed by atoms with E-state index < -0.39 is 0 Å². The van der Waals surface area contributed by atoms with Gasteiger partial charge in [0.1, 0.15) is 0 Å². The third kappa shape index (κ3) is 4.55. The molecule has 0 amide bonds. The van der Waals surface area contributed by atoms with Gasteiger partial charge in [-0.05, 0) is 31.5 Å². The molecule has 0 fully saturated rings. The normalized spacial score (nSPS) is 10.9. The summed E-state index contributed by atoms with van der Waals surface area (Å²) in [6.07, 6.45) is 1.45. The first-order valence-corrected chi connectivity index (χ1v) is 5.98. The molecule has 0 atom stereocenters. The van der Waals surface area contributed by atoms with Crippen molar-refractivity contribution in [3.63, 3.8) is 0 Å². The highest BCUT2D eigenvalue weighted by molar-refractivity contribution is 7.12. The van der Waals surface area contributed by atoms with Crippen molar-refractivity contribution in [3.05, 3.63) is 22.4 Å². The molecule has 15 heavy (non-hydrogen) atoms. The summed E-state index contributed by atoms with van der Waals surface area (Å²) in [7, 11) is 1.95. The Kier molecular flexibility index (Phi) is 5.53. The quantitative estimate of drug-likeness (QED) is 0.720. The van der Waals surface area contributed by atoms with Crippen molar-refractivity contribution in [3.8, 4) is 0 Å². The van der Waals surface area contributed by atoms with Crippen LogP contribution in [0.5, 0.6) is 0 Å². The lowest BCUT2D eigenvalue weighted by Crippen LogP contribution is -2.23. The number of rotatable bonds is 7. The summed E-state index contributed by atoms with van der Waals surface area (Å²) in [6.45, 7) is 1.71. The molecule has 1 aromatic heterocycles. The van der Waals surface area contributed by atoms with Crippen LogP contribution in [0.25, 0.3) is 0 Å². The van der Waals surface area contributed by atoms with Crippen molar-refractivity contribution in [1.29, 1.82) is 0 Å². The summed E-state index contributed by atoms with van der Waals surface area (Å²) in [5, 5.41) is 10.6. The van der Waals surface area contributed by atoms with E-state index in [0.717, 1.165) is 17.8 Å². The van der Waals surface area contributed by atoms with E-state index in [1.807, 2.05) is 29.5 Å². The van der Waals surface area contributed by atoms with Gasteiger partial charge in [0.15, 0.2) is 5.78 Å². The maximum Gasteiger partial charge on any atom is 0.172 e. The minimum atomic E-state index is 0.176. The predicted molar refractivity (Wildman–Crippen MR) is 62.5 cm³/mol. The Morgan fingerprint density at radius 3 is 2.93 bits per heavy atom. The number of thiophene rings is 1. The number of aliphatic hydroxyl groups excluding tert-OH is 1. The van der Waals surface area contributed by atoms with Crippen LogP contribution in [-0.2, 0) is 0 Å². The molecule has 0 aliphatic carbocycles. The summed E-state index contributed by atoms with van der Waals surface area (Å²) in [4.78, 5) is 14.5. The highest BCUT2D eigenvalue weighted by Crippen LogP contribution is 2.12. The molecule has 84 valence electrons. The van der Waals surface area contributed by atoms with Gasteiger partial charge in [-0.2, -0.15) is 0 Å². The standard InChI is InChI=1S/C11H17NO2S/c1-12(7-8-13)6-2-4-10(14)11-5-3-9-15-11/h3,5,9,13H,2,4,6-8H2,1H3. The molecule has 3 nitrogen and oxygen atoms in total. The van der Waals surface area contributed by atoms with Crippen molar-refractivity contribution in [2.45, 2.75) is 12.8 Å². The Labute approximate surface area is 94.3 Å². The fraction of sp³-hybridized carbons (Fsp3) is 0.545. The Balaban J connectivity index is 2.18. The number of carbonyl (C=O) groups excluding carboxylic acids is 1. The Hall–Kier alpha value is -0.710. The maximum atomic E-state index is 11.6. The van der Waals surface area contributed by atoms with E-state index in [1.54, 1.807) is 0 Å². The third-order valence-corrected chi connectivity index (χ3v) is 3.13. The van der Waals surface area contributed by atoms with Gasteiger partial charge in [0.05, 0.1) is 11.5 Å². The van der Waals surface area contributed by atoms with E-state index >= 15 is 0 Å². The fourth-order valence-electron chi connectivity index (χ4n) is 1.35. The Morgan fingerprint density at radius 1 is 1.53 bits per heavy atom. The van der Waals surface area contributed by atoms with Crippen LogP contribution in [0.15, 0.2) is 17.5 Å². The topological polar surface area (TPSA) is 40.5 Å². The molecule has 1 rings (SSSR count). The van der Waals surface area contributed by atoms with Gasteiger partial charge >= 0.3 is 0 Å². The zero-order valence-corrected chi connectivity index (χ0v) is 9.80. The number of ketones is 1. The molecule has 0 saturated heterocycles. The van der Waals surface area contributed by atoms with E-state index in [4.69, 9.17) is 5.11 Å². The molecule has 1 heterocycles. The molecule has 1 aromatic rings. The van der Waals surface area contributed by atoms with E-state index in [1.165, 1.54) is 11.3 Å². The van der Waals surface area contributed by atoms with Crippen molar-refractivity contribution >= 4 is 17.1 Å². The summed E-state index contributed by atoms with van der Waals surface area (Å²) in [5.41, 5.74) is 0. The average molecular weight is 227 g/mol. The monoisotopic (exact) mass is 227 g/mol. The van der Waals surface area contributed by atoms with Gasteiger partial charge in [0.2, 0.25) is 0 Å². The molecule has 0 spiro atoms. The minimum absolute atomic E-state index is 0.176. The van der Waals surface area contributed by atoms with Gasteiger partial charge in [-0.25, -0.2) is 0 Å². The average Bonchev–Trinajstić information content (AvgIpc) is 2.70. The first-order chi connectivity index (χ1) is 7.24. The molecule has 0 aliphatic rings. The second-order valence-corrected chi connectivity index (χ2v) is 4.48. The van der Waals surface area contributed by atoms with Crippen molar-refractivity contribution < 1.29 is 9.90 Å². The van der Waals surface area contributed by atoms with Crippen molar-refractivity contribution in [1.82, 2.24) is 4.90 Å². The minimum Gasteiger partial charge on any atom is -0.395 e. The van der Waals surface area contributed by atoms with E-state index in [0.29, 0.717) is 13.0 Å². The summed E-state index contributed by atoms with van der Waals surface area (Å²) in [6, 6.07) is 3.76. The Bertz CT molecular complexity index is 285. The molecule has 1 N–H and O–H groups in total. The number of nitrogens with zero attached hydrogens (tertiary/aromatic N) is 1. The van der Waals surface area contributed by atoms with E-state index in [9.17, 15) is 4.79 Å². The molecule has 0 saturated carbocycles. The van der Waals surface area contributed by atoms with Gasteiger partial charge < -0.3 is 10.0 Å². The van der Waals surface area contributed by atoms with Gasteiger partial charge in [0, 0.05) is 13.0 Å². The van der Waals surface area contributed by atoms with Crippen LogP contribution in [0, 0.1) is 0 Å². The highest BCUT2D eigenvalue weighted by atomic mass is 32.1. The molecule has 4 heteroatoms. The predicted octanol–water partition coefficient (Wildman–Crippen LogP) is 1.64. The van der Waals surface area contributed by atoms with Crippen molar-refractivity contribution in [2.24, 2.45) is 0 Å². The van der Waals surface area contributed by atoms with Gasteiger partial charge in [-0.1, -0.05) is 6.07 Å². The number of carbonyl (C=O) groups is 1. The van der Waals surface area contributed by atoms with Crippen LogP contribution < -0.4 is 0 Å². The van der Waals surface area contributed by atoms with Gasteiger partial charge in [-0.15, -0.1) is 11.3 Å². The molecule has 0 aliphatic heterocycles. The largest absolute Gasteiger partial charge is 0.395 e. The van der Waals surface area contributed by atoms with E-state index in [-0.39, 0.29) is 12.4 Å².